The second kappa shape index (κ2) is 7.44. The highest BCUT2D eigenvalue weighted by atomic mass is 79.9. The standard InChI is InChI=1S/C16H21BrN2O3/c17-14-11-13(18-16(20)12-1-2-12)3-4-15(14)22-10-7-19-5-8-21-9-6-19/h3-4,11-12H,1-2,5-10H2,(H,18,20). The van der Waals surface area contributed by atoms with Gasteiger partial charge in [0.15, 0.2) is 0 Å². The molecule has 1 aliphatic heterocycles. The van der Waals surface area contributed by atoms with Crippen molar-refractivity contribution in [3.05, 3.63) is 22.7 Å². The number of hydrogen-bond acceptors (Lipinski definition) is 4. The van der Waals surface area contributed by atoms with Gasteiger partial charge in [-0.1, -0.05) is 0 Å². The highest BCUT2D eigenvalue weighted by Crippen LogP contribution is 2.32. The van der Waals surface area contributed by atoms with Crippen LogP contribution in [0.5, 0.6) is 5.75 Å². The van der Waals surface area contributed by atoms with E-state index in [2.05, 4.69) is 26.1 Å². The maximum Gasteiger partial charge on any atom is 0.227 e. The van der Waals surface area contributed by atoms with E-state index in [0.29, 0.717) is 6.61 Å². The van der Waals surface area contributed by atoms with Gasteiger partial charge >= 0.3 is 0 Å². The van der Waals surface area contributed by atoms with E-state index in [0.717, 1.165) is 61.6 Å². The molecule has 22 heavy (non-hydrogen) atoms. The maximum absolute atomic E-state index is 11.7. The largest absolute Gasteiger partial charge is 0.491 e. The van der Waals surface area contributed by atoms with E-state index in [-0.39, 0.29) is 11.8 Å². The highest BCUT2D eigenvalue weighted by Gasteiger charge is 2.29. The van der Waals surface area contributed by atoms with Crippen molar-refractivity contribution in [2.24, 2.45) is 5.92 Å². The third-order valence-electron chi connectivity index (χ3n) is 3.92. The number of anilines is 1. The second-order valence-electron chi connectivity index (χ2n) is 5.71. The molecule has 3 rings (SSSR count). The molecule has 1 aromatic carbocycles. The van der Waals surface area contributed by atoms with Crippen LogP contribution in [0.2, 0.25) is 0 Å². The van der Waals surface area contributed by atoms with Gasteiger partial charge in [0.1, 0.15) is 12.4 Å². The van der Waals surface area contributed by atoms with Crippen molar-refractivity contribution in [3.8, 4) is 5.75 Å². The molecule has 1 heterocycles. The number of morpholine rings is 1. The number of hydrogen-bond donors (Lipinski definition) is 1. The molecule has 1 amide bonds. The first kappa shape index (κ1) is 15.8. The first-order chi connectivity index (χ1) is 10.7. The Balaban J connectivity index is 1.47. The van der Waals surface area contributed by atoms with E-state index in [1.54, 1.807) is 0 Å². The third-order valence-corrected chi connectivity index (χ3v) is 4.54. The molecule has 0 radical (unpaired) electrons. The lowest BCUT2D eigenvalue weighted by molar-refractivity contribution is -0.117. The van der Waals surface area contributed by atoms with Crippen LogP contribution >= 0.6 is 15.9 Å². The molecule has 0 bridgehead atoms. The summed E-state index contributed by atoms with van der Waals surface area (Å²) in [5.41, 5.74) is 0.810. The van der Waals surface area contributed by atoms with Gasteiger partial charge in [-0.3, -0.25) is 9.69 Å². The number of amides is 1. The summed E-state index contributed by atoms with van der Waals surface area (Å²) in [5, 5.41) is 2.93. The molecule has 1 saturated carbocycles. The summed E-state index contributed by atoms with van der Waals surface area (Å²) in [7, 11) is 0. The smallest absolute Gasteiger partial charge is 0.227 e. The van der Waals surface area contributed by atoms with Gasteiger partial charge in [-0.15, -0.1) is 0 Å². The molecule has 1 aliphatic carbocycles. The van der Waals surface area contributed by atoms with Crippen LogP contribution in [-0.4, -0.2) is 50.3 Å². The topological polar surface area (TPSA) is 50.8 Å². The average Bonchev–Trinajstić information content (AvgIpc) is 3.35. The lowest BCUT2D eigenvalue weighted by Crippen LogP contribution is -2.38. The minimum Gasteiger partial charge on any atom is -0.491 e. The minimum atomic E-state index is 0.118. The van der Waals surface area contributed by atoms with Crippen molar-refractivity contribution < 1.29 is 14.3 Å². The Labute approximate surface area is 139 Å². The van der Waals surface area contributed by atoms with Crippen LogP contribution in [0.25, 0.3) is 0 Å². The maximum atomic E-state index is 11.7. The SMILES string of the molecule is O=C(Nc1ccc(OCCN2CCOCC2)c(Br)c1)C1CC1. The number of benzene rings is 1. The molecule has 1 aromatic rings. The Kier molecular flexibility index (Phi) is 5.33. The first-order valence-corrected chi connectivity index (χ1v) is 8.55. The molecule has 1 N–H and O–H groups in total. The van der Waals surface area contributed by atoms with Gasteiger partial charge in [-0.05, 0) is 47.0 Å². The van der Waals surface area contributed by atoms with E-state index in [9.17, 15) is 4.79 Å². The Bertz CT molecular complexity index is 528. The normalized spacial score (nSPS) is 19.0. The Morgan fingerprint density at radius 1 is 1.36 bits per heavy atom. The van der Waals surface area contributed by atoms with Crippen molar-refractivity contribution in [2.75, 3.05) is 44.8 Å². The summed E-state index contributed by atoms with van der Waals surface area (Å²) < 4.78 is 12.0. The zero-order valence-corrected chi connectivity index (χ0v) is 14.1. The molecule has 0 atom stereocenters. The third kappa shape index (κ3) is 4.44. The molecule has 2 fully saturated rings. The molecule has 5 nitrogen and oxygen atoms in total. The monoisotopic (exact) mass is 368 g/mol. The number of halogens is 1. The van der Waals surface area contributed by atoms with Crippen LogP contribution in [0, 0.1) is 5.92 Å². The van der Waals surface area contributed by atoms with Crippen LogP contribution in [0.15, 0.2) is 22.7 Å². The fraction of sp³-hybridized carbons (Fsp3) is 0.562. The van der Waals surface area contributed by atoms with Crippen molar-refractivity contribution in [3.63, 3.8) is 0 Å². The Morgan fingerprint density at radius 2 is 2.14 bits per heavy atom. The first-order valence-electron chi connectivity index (χ1n) is 7.76. The Hall–Kier alpha value is -1.11. The van der Waals surface area contributed by atoms with E-state index in [1.807, 2.05) is 18.2 Å². The summed E-state index contributed by atoms with van der Waals surface area (Å²) in [5.74, 6) is 1.13. The lowest BCUT2D eigenvalue weighted by atomic mass is 10.3. The minimum absolute atomic E-state index is 0.118. The predicted octanol–water partition coefficient (Wildman–Crippen LogP) is 2.51. The molecule has 6 heteroatoms. The van der Waals surface area contributed by atoms with Crippen molar-refractivity contribution in [2.45, 2.75) is 12.8 Å². The fourth-order valence-corrected chi connectivity index (χ4v) is 2.89. The molecular weight excluding hydrogens is 348 g/mol. The number of ether oxygens (including phenoxy) is 2. The number of carbonyl (C=O) groups excluding carboxylic acids is 1. The molecule has 120 valence electrons. The Morgan fingerprint density at radius 3 is 2.82 bits per heavy atom. The molecule has 0 aromatic heterocycles. The summed E-state index contributed by atoms with van der Waals surface area (Å²) in [6.07, 6.45) is 2.02. The number of rotatable bonds is 6. The molecule has 1 saturated heterocycles. The summed E-state index contributed by atoms with van der Waals surface area (Å²) >= 11 is 3.51. The predicted molar refractivity (Wildman–Crippen MR) is 88.2 cm³/mol. The van der Waals surface area contributed by atoms with E-state index in [1.165, 1.54) is 0 Å². The van der Waals surface area contributed by atoms with Crippen molar-refractivity contribution >= 4 is 27.5 Å². The van der Waals surface area contributed by atoms with Crippen LogP contribution in [0.3, 0.4) is 0 Å². The summed E-state index contributed by atoms with van der Waals surface area (Å²) in [4.78, 5) is 14.1. The van der Waals surface area contributed by atoms with Crippen LogP contribution in [-0.2, 0) is 9.53 Å². The van der Waals surface area contributed by atoms with Gasteiger partial charge in [-0.2, -0.15) is 0 Å². The number of nitrogens with one attached hydrogen (secondary N) is 1. The molecule has 0 unspecified atom stereocenters. The number of carbonyl (C=O) groups is 1. The fourth-order valence-electron chi connectivity index (χ4n) is 2.39. The molecular formula is C16H21BrN2O3. The summed E-state index contributed by atoms with van der Waals surface area (Å²) in [6, 6.07) is 5.67. The van der Waals surface area contributed by atoms with Crippen molar-refractivity contribution in [1.82, 2.24) is 4.90 Å². The summed E-state index contributed by atoms with van der Waals surface area (Å²) in [6.45, 7) is 5.09. The van der Waals surface area contributed by atoms with E-state index < -0.39 is 0 Å². The molecule has 0 spiro atoms. The van der Waals surface area contributed by atoms with Crippen LogP contribution < -0.4 is 10.1 Å². The van der Waals surface area contributed by atoms with Gasteiger partial charge in [0.05, 0.1) is 17.7 Å². The highest BCUT2D eigenvalue weighted by molar-refractivity contribution is 9.10. The number of nitrogens with zero attached hydrogens (tertiary/aromatic N) is 1. The van der Waals surface area contributed by atoms with Gasteiger partial charge < -0.3 is 14.8 Å². The molecule has 2 aliphatic rings. The van der Waals surface area contributed by atoms with Gasteiger partial charge in [0.2, 0.25) is 5.91 Å². The van der Waals surface area contributed by atoms with Gasteiger partial charge in [0, 0.05) is 31.2 Å². The van der Waals surface area contributed by atoms with E-state index in [4.69, 9.17) is 9.47 Å². The van der Waals surface area contributed by atoms with Gasteiger partial charge in [0.25, 0.3) is 0 Å². The quantitative estimate of drug-likeness (QED) is 0.837. The van der Waals surface area contributed by atoms with Gasteiger partial charge in [-0.25, -0.2) is 0 Å². The second-order valence-corrected chi connectivity index (χ2v) is 6.57. The van der Waals surface area contributed by atoms with Crippen LogP contribution in [0.4, 0.5) is 5.69 Å². The van der Waals surface area contributed by atoms with E-state index >= 15 is 0 Å². The van der Waals surface area contributed by atoms with Crippen molar-refractivity contribution in [1.29, 1.82) is 0 Å². The van der Waals surface area contributed by atoms with Crippen LogP contribution in [0.1, 0.15) is 12.8 Å². The lowest BCUT2D eigenvalue weighted by Gasteiger charge is -2.26. The average molecular weight is 369 g/mol. The zero-order valence-electron chi connectivity index (χ0n) is 12.5. The zero-order chi connectivity index (χ0) is 15.4.